The molecule has 0 aromatic heterocycles. The van der Waals surface area contributed by atoms with E-state index in [2.05, 4.69) is 0 Å². The van der Waals surface area contributed by atoms with Gasteiger partial charge in [0.25, 0.3) is 0 Å². The molecule has 1 rings (SSSR count). The minimum Gasteiger partial charge on any atom is -0.480 e. The van der Waals surface area contributed by atoms with Gasteiger partial charge in [0, 0.05) is 5.25 Å². The Kier molecular flexibility index (Phi) is 2.56. The smallest absolute Gasteiger partial charge is 0.327 e. The zero-order chi connectivity index (χ0) is 10.2. The zero-order valence-corrected chi connectivity index (χ0v) is 8.67. The minimum absolute atomic E-state index is 0.0577. The van der Waals surface area contributed by atoms with Gasteiger partial charge in [0.05, 0.1) is 4.87 Å². The van der Waals surface area contributed by atoms with E-state index in [-0.39, 0.29) is 5.25 Å². The molecule has 1 aliphatic rings. The Morgan fingerprint density at radius 1 is 1.62 bits per heavy atom. The molecule has 1 aliphatic heterocycles. The van der Waals surface area contributed by atoms with E-state index < -0.39 is 16.9 Å². The maximum Gasteiger partial charge on any atom is 0.327 e. The molecule has 1 saturated heterocycles. The van der Waals surface area contributed by atoms with Gasteiger partial charge in [-0.3, -0.25) is 4.79 Å². The largest absolute Gasteiger partial charge is 0.480 e. The van der Waals surface area contributed by atoms with Crippen molar-refractivity contribution in [2.75, 3.05) is 0 Å². The Morgan fingerprint density at radius 3 is 2.46 bits per heavy atom. The standard InChI is InChI=1S/C8H13NO3S/c1-5-6(7(11)12)9(4-10)8(2,3)13-5/h4-6H,1-3H3,(H,11,12)/t5-,6-/m1/s1. The summed E-state index contributed by atoms with van der Waals surface area (Å²) in [5, 5.41) is 8.85. The van der Waals surface area contributed by atoms with E-state index in [4.69, 9.17) is 5.11 Å². The Morgan fingerprint density at radius 2 is 2.15 bits per heavy atom. The molecule has 13 heavy (non-hydrogen) atoms. The van der Waals surface area contributed by atoms with E-state index in [1.807, 2.05) is 20.8 Å². The van der Waals surface area contributed by atoms with E-state index >= 15 is 0 Å². The van der Waals surface area contributed by atoms with Crippen LogP contribution in [0.15, 0.2) is 0 Å². The molecule has 0 aliphatic carbocycles. The third-order valence-corrected chi connectivity index (χ3v) is 3.62. The molecule has 0 saturated carbocycles. The van der Waals surface area contributed by atoms with E-state index in [1.54, 1.807) is 0 Å². The number of amides is 1. The van der Waals surface area contributed by atoms with Crippen LogP contribution >= 0.6 is 11.8 Å². The topological polar surface area (TPSA) is 57.6 Å². The number of thioether (sulfide) groups is 1. The van der Waals surface area contributed by atoms with Crippen molar-refractivity contribution in [1.29, 1.82) is 0 Å². The highest BCUT2D eigenvalue weighted by atomic mass is 32.2. The van der Waals surface area contributed by atoms with Gasteiger partial charge in [-0.15, -0.1) is 11.8 Å². The normalized spacial score (nSPS) is 31.8. The molecule has 0 radical (unpaired) electrons. The van der Waals surface area contributed by atoms with Gasteiger partial charge < -0.3 is 10.0 Å². The number of carboxylic acids is 1. The van der Waals surface area contributed by atoms with Crippen molar-refractivity contribution < 1.29 is 14.7 Å². The molecule has 0 aromatic rings. The van der Waals surface area contributed by atoms with Crippen LogP contribution in [0.4, 0.5) is 0 Å². The highest BCUT2D eigenvalue weighted by molar-refractivity contribution is 8.01. The zero-order valence-electron chi connectivity index (χ0n) is 7.85. The summed E-state index contributed by atoms with van der Waals surface area (Å²) < 4.78 is 0. The number of rotatable bonds is 2. The van der Waals surface area contributed by atoms with E-state index in [9.17, 15) is 9.59 Å². The van der Waals surface area contributed by atoms with Gasteiger partial charge >= 0.3 is 5.97 Å². The van der Waals surface area contributed by atoms with Gasteiger partial charge in [0.2, 0.25) is 6.41 Å². The second-order valence-corrected chi connectivity index (χ2v) is 5.54. The average Bonchev–Trinajstić information content (AvgIpc) is 2.18. The average molecular weight is 203 g/mol. The highest BCUT2D eigenvalue weighted by Crippen LogP contribution is 2.42. The van der Waals surface area contributed by atoms with Gasteiger partial charge in [-0.25, -0.2) is 4.79 Å². The van der Waals surface area contributed by atoms with E-state index in [1.165, 1.54) is 16.7 Å². The molecule has 2 atom stereocenters. The lowest BCUT2D eigenvalue weighted by Crippen LogP contribution is -2.46. The molecule has 4 nitrogen and oxygen atoms in total. The van der Waals surface area contributed by atoms with Crippen molar-refractivity contribution in [3.63, 3.8) is 0 Å². The van der Waals surface area contributed by atoms with Crippen LogP contribution in [0.5, 0.6) is 0 Å². The van der Waals surface area contributed by atoms with Crippen LogP contribution in [0.3, 0.4) is 0 Å². The fourth-order valence-corrected chi connectivity index (χ4v) is 3.22. The summed E-state index contributed by atoms with van der Waals surface area (Å²) >= 11 is 1.51. The lowest BCUT2D eigenvalue weighted by Gasteiger charge is -2.28. The molecule has 74 valence electrons. The van der Waals surface area contributed by atoms with Crippen LogP contribution in [-0.4, -0.2) is 38.5 Å². The Bertz CT molecular complexity index is 242. The molecule has 1 heterocycles. The summed E-state index contributed by atoms with van der Waals surface area (Å²) in [5.74, 6) is -0.933. The number of hydrogen-bond acceptors (Lipinski definition) is 3. The fourth-order valence-electron chi connectivity index (χ4n) is 1.65. The maximum atomic E-state index is 10.9. The van der Waals surface area contributed by atoms with E-state index in [0.29, 0.717) is 6.41 Å². The highest BCUT2D eigenvalue weighted by Gasteiger charge is 2.47. The number of carbonyl (C=O) groups is 2. The summed E-state index contributed by atoms with van der Waals surface area (Å²) in [6, 6.07) is -0.697. The van der Waals surface area contributed by atoms with E-state index in [0.717, 1.165) is 0 Å². The van der Waals surface area contributed by atoms with Crippen molar-refractivity contribution in [3.05, 3.63) is 0 Å². The van der Waals surface area contributed by atoms with Crippen LogP contribution in [-0.2, 0) is 9.59 Å². The first kappa shape index (κ1) is 10.4. The summed E-state index contributed by atoms with van der Waals surface area (Å²) in [5.41, 5.74) is 0. The third kappa shape index (κ3) is 1.65. The minimum atomic E-state index is -0.933. The SMILES string of the molecule is C[C@H]1SC(C)(C)N(C=O)[C@H]1C(=O)O. The van der Waals surface area contributed by atoms with Crippen LogP contribution in [0.1, 0.15) is 20.8 Å². The molecule has 0 bridgehead atoms. The summed E-state index contributed by atoms with van der Waals surface area (Å²) in [4.78, 5) is 22.5. The van der Waals surface area contributed by atoms with Gasteiger partial charge in [-0.2, -0.15) is 0 Å². The number of nitrogens with zero attached hydrogens (tertiary/aromatic N) is 1. The molecule has 1 fully saturated rings. The molecule has 1 amide bonds. The second kappa shape index (κ2) is 3.21. The molecule has 1 N–H and O–H groups in total. The van der Waals surface area contributed by atoms with Crippen LogP contribution in [0, 0.1) is 0 Å². The number of carbonyl (C=O) groups excluding carboxylic acids is 1. The molecule has 5 heteroatoms. The Balaban J connectivity index is 2.96. The lowest BCUT2D eigenvalue weighted by atomic mass is 10.1. The molecule has 0 aromatic carbocycles. The number of carboxylic acid groups (broad SMARTS) is 1. The first-order chi connectivity index (χ1) is 5.90. The number of aliphatic carboxylic acids is 1. The summed E-state index contributed by atoms with van der Waals surface area (Å²) in [7, 11) is 0. The van der Waals surface area contributed by atoms with Crippen molar-refractivity contribution in [3.8, 4) is 0 Å². The third-order valence-electron chi connectivity index (χ3n) is 2.21. The Hall–Kier alpha value is -0.710. The molecular weight excluding hydrogens is 190 g/mol. The van der Waals surface area contributed by atoms with Crippen molar-refractivity contribution >= 4 is 24.1 Å². The van der Waals surface area contributed by atoms with Gasteiger partial charge in [-0.05, 0) is 13.8 Å². The Labute approximate surface area is 81.3 Å². The van der Waals surface area contributed by atoms with Crippen molar-refractivity contribution in [1.82, 2.24) is 4.90 Å². The van der Waals surface area contributed by atoms with Gasteiger partial charge in [0.15, 0.2) is 0 Å². The second-order valence-electron chi connectivity index (χ2n) is 3.57. The first-order valence-corrected chi connectivity index (χ1v) is 4.92. The monoisotopic (exact) mass is 203 g/mol. The number of hydrogen-bond donors (Lipinski definition) is 1. The molecule has 0 unspecified atom stereocenters. The molecule has 0 spiro atoms. The predicted octanol–water partition coefficient (Wildman–Crippen LogP) is 0.769. The predicted molar refractivity (Wildman–Crippen MR) is 50.5 cm³/mol. The first-order valence-electron chi connectivity index (χ1n) is 4.04. The maximum absolute atomic E-state index is 10.9. The van der Waals surface area contributed by atoms with Crippen LogP contribution in [0.25, 0.3) is 0 Å². The summed E-state index contributed by atoms with van der Waals surface area (Å²) in [6.45, 7) is 5.53. The van der Waals surface area contributed by atoms with Crippen molar-refractivity contribution in [2.24, 2.45) is 0 Å². The summed E-state index contributed by atoms with van der Waals surface area (Å²) in [6.07, 6.45) is 0.620. The van der Waals surface area contributed by atoms with Gasteiger partial charge in [-0.1, -0.05) is 6.92 Å². The lowest BCUT2D eigenvalue weighted by molar-refractivity contribution is -0.147. The van der Waals surface area contributed by atoms with Crippen LogP contribution in [0.2, 0.25) is 0 Å². The fraction of sp³-hybridized carbons (Fsp3) is 0.750. The molecular formula is C8H13NO3S. The van der Waals surface area contributed by atoms with Crippen LogP contribution < -0.4 is 0 Å². The quantitative estimate of drug-likeness (QED) is 0.673. The van der Waals surface area contributed by atoms with Gasteiger partial charge in [0.1, 0.15) is 6.04 Å². The van der Waals surface area contributed by atoms with Crippen molar-refractivity contribution in [2.45, 2.75) is 36.9 Å².